The van der Waals surface area contributed by atoms with Crippen molar-refractivity contribution in [2.45, 2.75) is 13.8 Å². The molecule has 0 atom stereocenters. The van der Waals surface area contributed by atoms with Crippen LogP contribution in [0.2, 0.25) is 0 Å². The number of ether oxygens (including phenoxy) is 1. The minimum Gasteiger partial charge on any atom is -0.497 e. The number of rotatable bonds is 4. The Kier molecular flexibility index (Phi) is 4.78. The third-order valence-electron chi connectivity index (χ3n) is 3.44. The Bertz CT molecular complexity index is 604. The number of hydrogen-bond donors (Lipinski definition) is 0. The summed E-state index contributed by atoms with van der Waals surface area (Å²) in [4.78, 5) is 0. The van der Waals surface area contributed by atoms with E-state index in [1.54, 1.807) is 7.11 Å². The van der Waals surface area contributed by atoms with Gasteiger partial charge in [0.25, 0.3) is 0 Å². The highest BCUT2D eigenvalue weighted by Crippen LogP contribution is 2.22. The van der Waals surface area contributed by atoms with Gasteiger partial charge in [-0.3, -0.25) is 0 Å². The van der Waals surface area contributed by atoms with Crippen molar-refractivity contribution in [1.29, 1.82) is 0 Å². The van der Waals surface area contributed by atoms with Gasteiger partial charge in [0.1, 0.15) is 5.75 Å². The second-order valence-electron chi connectivity index (χ2n) is 4.78. The Morgan fingerprint density at radius 2 is 1.55 bits per heavy atom. The molecule has 0 aliphatic carbocycles. The van der Waals surface area contributed by atoms with E-state index in [1.807, 2.05) is 18.2 Å². The van der Waals surface area contributed by atoms with Gasteiger partial charge in [0.2, 0.25) is 0 Å². The lowest BCUT2D eigenvalue weighted by atomic mass is 10.0. The van der Waals surface area contributed by atoms with E-state index in [2.05, 4.69) is 62.4 Å². The Morgan fingerprint density at radius 1 is 0.900 bits per heavy atom. The zero-order chi connectivity index (χ0) is 14.4. The van der Waals surface area contributed by atoms with Crippen LogP contribution in [0.3, 0.4) is 0 Å². The number of methoxy groups -OCH3 is 1. The van der Waals surface area contributed by atoms with Gasteiger partial charge in [-0.1, -0.05) is 54.6 Å². The van der Waals surface area contributed by atoms with E-state index >= 15 is 0 Å². The predicted molar refractivity (Wildman–Crippen MR) is 86.7 cm³/mol. The van der Waals surface area contributed by atoms with E-state index in [9.17, 15) is 0 Å². The predicted octanol–water partition coefficient (Wildman–Crippen LogP) is 5.20. The maximum atomic E-state index is 5.18. The summed E-state index contributed by atoms with van der Waals surface area (Å²) >= 11 is 0. The molecular formula is C19H20O. The van der Waals surface area contributed by atoms with Crippen molar-refractivity contribution in [3.8, 4) is 5.75 Å². The van der Waals surface area contributed by atoms with Crippen molar-refractivity contribution in [3.05, 3.63) is 77.4 Å². The van der Waals surface area contributed by atoms with Crippen LogP contribution in [0.15, 0.2) is 66.2 Å². The first-order chi connectivity index (χ1) is 9.70. The van der Waals surface area contributed by atoms with Gasteiger partial charge in [0.15, 0.2) is 0 Å². The average molecular weight is 264 g/mol. The number of benzene rings is 2. The lowest BCUT2D eigenvalue weighted by Gasteiger charge is -2.06. The van der Waals surface area contributed by atoms with Gasteiger partial charge in [0, 0.05) is 0 Å². The highest BCUT2D eigenvalue weighted by Gasteiger charge is 1.99. The molecule has 20 heavy (non-hydrogen) atoms. The summed E-state index contributed by atoms with van der Waals surface area (Å²) in [7, 11) is 1.69. The van der Waals surface area contributed by atoms with E-state index in [-0.39, 0.29) is 0 Å². The molecule has 0 N–H and O–H groups in total. The lowest BCUT2D eigenvalue weighted by molar-refractivity contribution is 0.415. The molecule has 0 radical (unpaired) electrons. The van der Waals surface area contributed by atoms with E-state index in [0.717, 1.165) is 5.75 Å². The van der Waals surface area contributed by atoms with Crippen LogP contribution in [-0.2, 0) is 0 Å². The molecule has 0 bridgehead atoms. The Balaban J connectivity index is 2.19. The van der Waals surface area contributed by atoms with E-state index in [0.29, 0.717) is 0 Å². The van der Waals surface area contributed by atoms with Gasteiger partial charge in [-0.25, -0.2) is 0 Å². The third-order valence-corrected chi connectivity index (χ3v) is 3.44. The molecule has 0 unspecified atom stereocenters. The first kappa shape index (κ1) is 14.1. The van der Waals surface area contributed by atoms with Gasteiger partial charge in [0.05, 0.1) is 7.11 Å². The summed E-state index contributed by atoms with van der Waals surface area (Å²) in [6, 6.07) is 18.5. The molecule has 1 nitrogen and oxygen atoms in total. The SMILES string of the molecule is COc1ccc(/C(C)=C(C)/C=C/c2ccccc2)cc1. The van der Waals surface area contributed by atoms with Crippen LogP contribution >= 0.6 is 0 Å². The van der Waals surface area contributed by atoms with Gasteiger partial charge < -0.3 is 4.74 Å². The molecule has 0 fully saturated rings. The van der Waals surface area contributed by atoms with Crippen molar-refractivity contribution in [2.75, 3.05) is 7.11 Å². The number of allylic oxidation sites excluding steroid dienone is 3. The van der Waals surface area contributed by atoms with Gasteiger partial charge in [-0.05, 0) is 48.3 Å². The molecular weight excluding hydrogens is 244 g/mol. The summed E-state index contributed by atoms with van der Waals surface area (Å²) in [5.74, 6) is 0.888. The number of hydrogen-bond acceptors (Lipinski definition) is 1. The summed E-state index contributed by atoms with van der Waals surface area (Å²) in [6.45, 7) is 4.28. The normalized spacial score (nSPS) is 12.3. The standard InChI is InChI=1S/C19H20O/c1-15(9-10-17-7-5-4-6-8-17)16(2)18-11-13-19(20-3)14-12-18/h4-14H,1-3H3/b10-9+,16-15+. The fourth-order valence-electron chi connectivity index (χ4n) is 1.98. The summed E-state index contributed by atoms with van der Waals surface area (Å²) < 4.78 is 5.18. The van der Waals surface area contributed by atoms with E-state index < -0.39 is 0 Å². The van der Waals surface area contributed by atoms with Crippen LogP contribution in [0.1, 0.15) is 25.0 Å². The van der Waals surface area contributed by atoms with Gasteiger partial charge in [-0.2, -0.15) is 0 Å². The van der Waals surface area contributed by atoms with Crippen LogP contribution < -0.4 is 4.74 Å². The highest BCUT2D eigenvalue weighted by atomic mass is 16.5. The van der Waals surface area contributed by atoms with Crippen molar-refractivity contribution < 1.29 is 4.74 Å². The lowest BCUT2D eigenvalue weighted by Crippen LogP contribution is -1.86. The van der Waals surface area contributed by atoms with Crippen molar-refractivity contribution in [3.63, 3.8) is 0 Å². The van der Waals surface area contributed by atoms with Crippen molar-refractivity contribution in [1.82, 2.24) is 0 Å². The van der Waals surface area contributed by atoms with Crippen molar-refractivity contribution in [2.24, 2.45) is 0 Å². The molecule has 0 aromatic heterocycles. The zero-order valence-electron chi connectivity index (χ0n) is 12.3. The summed E-state index contributed by atoms with van der Waals surface area (Å²) in [5.41, 5.74) is 4.98. The maximum absolute atomic E-state index is 5.18. The Labute approximate surface area is 121 Å². The van der Waals surface area contributed by atoms with Crippen LogP contribution in [0, 0.1) is 0 Å². The highest BCUT2D eigenvalue weighted by molar-refractivity contribution is 5.71. The fraction of sp³-hybridized carbons (Fsp3) is 0.158. The molecule has 2 rings (SSSR count). The zero-order valence-corrected chi connectivity index (χ0v) is 12.3. The molecule has 0 saturated carbocycles. The average Bonchev–Trinajstić information content (AvgIpc) is 2.53. The monoisotopic (exact) mass is 264 g/mol. The molecule has 2 aromatic carbocycles. The molecule has 0 spiro atoms. The van der Waals surface area contributed by atoms with E-state index in [1.165, 1.54) is 22.3 Å². The van der Waals surface area contributed by atoms with Gasteiger partial charge in [-0.15, -0.1) is 0 Å². The fourth-order valence-corrected chi connectivity index (χ4v) is 1.98. The van der Waals surface area contributed by atoms with Crippen LogP contribution in [-0.4, -0.2) is 7.11 Å². The molecule has 0 aliphatic heterocycles. The van der Waals surface area contributed by atoms with Crippen LogP contribution in [0.25, 0.3) is 11.6 Å². The first-order valence-electron chi connectivity index (χ1n) is 6.76. The van der Waals surface area contributed by atoms with E-state index in [4.69, 9.17) is 4.74 Å². The molecule has 1 heteroatoms. The largest absolute Gasteiger partial charge is 0.497 e. The third kappa shape index (κ3) is 3.61. The first-order valence-corrected chi connectivity index (χ1v) is 6.76. The Hall–Kier alpha value is -2.28. The topological polar surface area (TPSA) is 9.23 Å². The smallest absolute Gasteiger partial charge is 0.118 e. The van der Waals surface area contributed by atoms with Crippen molar-refractivity contribution >= 4 is 11.6 Å². The molecule has 0 amide bonds. The quantitative estimate of drug-likeness (QED) is 0.689. The molecule has 0 aliphatic rings. The molecule has 2 aromatic rings. The Morgan fingerprint density at radius 3 is 2.15 bits per heavy atom. The van der Waals surface area contributed by atoms with Gasteiger partial charge >= 0.3 is 0 Å². The molecule has 102 valence electrons. The summed E-state index contributed by atoms with van der Waals surface area (Å²) in [6.07, 6.45) is 4.30. The molecule has 0 heterocycles. The minimum atomic E-state index is 0.888. The molecule has 0 saturated heterocycles. The maximum Gasteiger partial charge on any atom is 0.118 e. The van der Waals surface area contributed by atoms with Crippen LogP contribution in [0.4, 0.5) is 0 Å². The second-order valence-corrected chi connectivity index (χ2v) is 4.78. The summed E-state index contributed by atoms with van der Waals surface area (Å²) in [5, 5.41) is 0. The minimum absolute atomic E-state index is 0.888. The van der Waals surface area contributed by atoms with Crippen LogP contribution in [0.5, 0.6) is 5.75 Å². The second kappa shape index (κ2) is 6.76.